The van der Waals surface area contributed by atoms with Crippen LogP contribution in [-0.2, 0) is 9.53 Å². The molecule has 0 amide bonds. The zero-order valence-electron chi connectivity index (χ0n) is 11.1. The maximum Gasteiger partial charge on any atom is 0.414 e. The van der Waals surface area contributed by atoms with Gasteiger partial charge in [-0.3, -0.25) is 0 Å². The summed E-state index contributed by atoms with van der Waals surface area (Å²) in [5.41, 5.74) is -1.92. The van der Waals surface area contributed by atoms with Crippen LogP contribution in [0.1, 0.15) is 41.0 Å². The van der Waals surface area contributed by atoms with E-state index in [0.29, 0.717) is 0 Å². The molecule has 2 nitrogen and oxygen atoms in total. The van der Waals surface area contributed by atoms with Crippen LogP contribution in [0.4, 0.5) is 13.2 Å². The number of hydrogen-bond acceptors (Lipinski definition) is 2. The van der Waals surface area contributed by atoms with Gasteiger partial charge in [0.25, 0.3) is 0 Å². The van der Waals surface area contributed by atoms with Crippen molar-refractivity contribution in [1.29, 1.82) is 0 Å². The van der Waals surface area contributed by atoms with Crippen LogP contribution >= 0.6 is 11.6 Å². The van der Waals surface area contributed by atoms with E-state index in [1.54, 1.807) is 34.6 Å². The zero-order valence-corrected chi connectivity index (χ0v) is 11.9. The number of ether oxygens (including phenoxy) is 1. The second kappa shape index (κ2) is 5.95. The lowest BCUT2D eigenvalue weighted by molar-refractivity contribution is -0.150. The molecule has 0 aliphatic carbocycles. The van der Waals surface area contributed by atoms with Gasteiger partial charge in [-0.15, -0.1) is 0 Å². The summed E-state index contributed by atoms with van der Waals surface area (Å²) >= 11 is 5.52. The molecule has 0 spiro atoms. The Hall–Kier alpha value is -0.710. The van der Waals surface area contributed by atoms with Gasteiger partial charge in [0.1, 0.15) is 10.6 Å². The molecular weight excluding hydrogens is 269 g/mol. The SMILES string of the molecule is CC(C)C/C(=C(\Cl)C(=O)OC(C)(C)C)C(F)(F)F. The first-order valence-corrected chi connectivity index (χ1v) is 5.91. The normalized spacial score (nSPS) is 14.6. The third kappa shape index (κ3) is 6.28. The predicted octanol–water partition coefficient (Wildman–Crippen LogP) is 4.43. The molecule has 0 aliphatic rings. The molecule has 0 atom stereocenters. The van der Waals surface area contributed by atoms with Crippen LogP contribution in [0.15, 0.2) is 10.6 Å². The molecule has 0 saturated heterocycles. The first-order valence-electron chi connectivity index (χ1n) is 5.53. The number of carbonyl (C=O) groups excluding carboxylic acids is 1. The van der Waals surface area contributed by atoms with Crippen LogP contribution in [-0.4, -0.2) is 17.7 Å². The number of allylic oxidation sites excluding steroid dienone is 1. The first kappa shape index (κ1) is 17.3. The van der Waals surface area contributed by atoms with E-state index in [9.17, 15) is 18.0 Å². The van der Waals surface area contributed by atoms with E-state index < -0.39 is 28.4 Å². The summed E-state index contributed by atoms with van der Waals surface area (Å²) in [6.45, 7) is 7.91. The number of rotatable bonds is 3. The van der Waals surface area contributed by atoms with Crippen molar-refractivity contribution >= 4 is 17.6 Å². The van der Waals surface area contributed by atoms with Gasteiger partial charge in [-0.25, -0.2) is 4.79 Å². The summed E-state index contributed by atoms with van der Waals surface area (Å²) in [5.74, 6) is -1.41. The van der Waals surface area contributed by atoms with Gasteiger partial charge >= 0.3 is 12.1 Å². The van der Waals surface area contributed by atoms with Crippen LogP contribution in [0.5, 0.6) is 0 Å². The average Bonchev–Trinajstić information content (AvgIpc) is 2.08. The third-order valence-corrected chi connectivity index (χ3v) is 2.18. The van der Waals surface area contributed by atoms with Gasteiger partial charge in [0.2, 0.25) is 0 Å². The van der Waals surface area contributed by atoms with Gasteiger partial charge in [-0.1, -0.05) is 25.4 Å². The molecule has 0 saturated carbocycles. The van der Waals surface area contributed by atoms with Crippen LogP contribution < -0.4 is 0 Å². The van der Waals surface area contributed by atoms with Gasteiger partial charge in [-0.05, 0) is 33.1 Å². The molecule has 0 aromatic rings. The maximum atomic E-state index is 12.8. The lowest BCUT2D eigenvalue weighted by Crippen LogP contribution is -2.26. The number of alkyl halides is 3. The molecular formula is C12H18ClF3O2. The van der Waals surface area contributed by atoms with E-state index in [-0.39, 0.29) is 12.3 Å². The van der Waals surface area contributed by atoms with Crippen LogP contribution in [0.2, 0.25) is 0 Å². The molecule has 0 aromatic carbocycles. The fraction of sp³-hybridized carbons (Fsp3) is 0.750. The highest BCUT2D eigenvalue weighted by Crippen LogP contribution is 2.35. The molecule has 0 unspecified atom stereocenters. The number of hydrogen-bond donors (Lipinski definition) is 0. The minimum atomic E-state index is -4.63. The zero-order chi connectivity index (χ0) is 14.7. The molecule has 106 valence electrons. The van der Waals surface area contributed by atoms with Crippen molar-refractivity contribution in [1.82, 2.24) is 0 Å². The van der Waals surface area contributed by atoms with E-state index in [4.69, 9.17) is 16.3 Å². The summed E-state index contributed by atoms with van der Waals surface area (Å²) in [6, 6.07) is 0. The fourth-order valence-electron chi connectivity index (χ4n) is 1.18. The molecule has 6 heteroatoms. The Morgan fingerprint density at radius 3 is 1.94 bits per heavy atom. The molecule has 0 aliphatic heterocycles. The Morgan fingerprint density at radius 1 is 1.22 bits per heavy atom. The average molecular weight is 287 g/mol. The van der Waals surface area contributed by atoms with Gasteiger partial charge < -0.3 is 4.74 Å². The molecule has 0 radical (unpaired) electrons. The summed E-state index contributed by atoms with van der Waals surface area (Å²) < 4.78 is 43.2. The predicted molar refractivity (Wildman–Crippen MR) is 64.2 cm³/mol. The topological polar surface area (TPSA) is 26.3 Å². The summed E-state index contributed by atoms with van der Waals surface area (Å²) in [4.78, 5) is 11.5. The molecule has 0 heterocycles. The highest BCUT2D eigenvalue weighted by Gasteiger charge is 2.38. The number of carbonyl (C=O) groups is 1. The van der Waals surface area contributed by atoms with Crippen molar-refractivity contribution in [2.24, 2.45) is 5.92 Å². The van der Waals surface area contributed by atoms with E-state index >= 15 is 0 Å². The van der Waals surface area contributed by atoms with Crippen LogP contribution in [0, 0.1) is 5.92 Å². The van der Waals surface area contributed by atoms with Crippen molar-refractivity contribution in [3.63, 3.8) is 0 Å². The quantitative estimate of drug-likeness (QED) is 0.567. The monoisotopic (exact) mass is 286 g/mol. The molecule has 0 fully saturated rings. The van der Waals surface area contributed by atoms with Crippen molar-refractivity contribution in [3.05, 3.63) is 10.6 Å². The molecule has 0 aromatic heterocycles. The first-order chi connectivity index (χ1) is 7.84. The molecule has 18 heavy (non-hydrogen) atoms. The van der Waals surface area contributed by atoms with Crippen molar-refractivity contribution in [2.75, 3.05) is 0 Å². The van der Waals surface area contributed by atoms with E-state index in [1.807, 2.05) is 0 Å². The summed E-state index contributed by atoms with van der Waals surface area (Å²) in [6.07, 6.45) is -4.94. The third-order valence-electron chi connectivity index (χ3n) is 1.80. The fourth-order valence-corrected chi connectivity index (χ4v) is 1.41. The summed E-state index contributed by atoms with van der Waals surface area (Å²) in [7, 11) is 0. The highest BCUT2D eigenvalue weighted by molar-refractivity contribution is 6.41. The van der Waals surface area contributed by atoms with Crippen LogP contribution in [0.25, 0.3) is 0 Å². The van der Waals surface area contributed by atoms with Gasteiger partial charge in [0, 0.05) is 0 Å². The van der Waals surface area contributed by atoms with Gasteiger partial charge in [0.05, 0.1) is 5.57 Å². The van der Waals surface area contributed by atoms with Crippen molar-refractivity contribution < 1.29 is 22.7 Å². The largest absolute Gasteiger partial charge is 0.456 e. The Bertz CT molecular complexity index is 338. The van der Waals surface area contributed by atoms with Gasteiger partial charge in [0.15, 0.2) is 0 Å². The lowest BCUT2D eigenvalue weighted by Gasteiger charge is -2.21. The second-order valence-corrected chi connectivity index (χ2v) is 5.77. The maximum absolute atomic E-state index is 12.8. The second-order valence-electron chi connectivity index (χ2n) is 5.39. The Morgan fingerprint density at radius 2 is 1.67 bits per heavy atom. The lowest BCUT2D eigenvalue weighted by atomic mass is 10.0. The van der Waals surface area contributed by atoms with E-state index in [1.165, 1.54) is 0 Å². The minimum Gasteiger partial charge on any atom is -0.456 e. The van der Waals surface area contributed by atoms with Crippen LogP contribution in [0.3, 0.4) is 0 Å². The van der Waals surface area contributed by atoms with Gasteiger partial charge in [-0.2, -0.15) is 13.2 Å². The molecule has 0 bridgehead atoms. The Labute approximate surface area is 110 Å². The van der Waals surface area contributed by atoms with E-state index in [0.717, 1.165) is 0 Å². The highest BCUT2D eigenvalue weighted by atomic mass is 35.5. The van der Waals surface area contributed by atoms with Crippen molar-refractivity contribution in [2.45, 2.75) is 52.8 Å². The van der Waals surface area contributed by atoms with E-state index in [2.05, 4.69) is 0 Å². The Kier molecular flexibility index (Phi) is 5.72. The molecule has 0 rings (SSSR count). The van der Waals surface area contributed by atoms with Crippen molar-refractivity contribution in [3.8, 4) is 0 Å². The Balaban J connectivity index is 5.27. The summed E-state index contributed by atoms with van der Waals surface area (Å²) in [5, 5.41) is -0.883. The number of esters is 1. The minimum absolute atomic E-state index is 0.266. The molecule has 0 N–H and O–H groups in total. The standard InChI is InChI=1S/C12H18ClF3O2/c1-7(2)6-8(12(14,15)16)9(13)10(17)18-11(3,4)5/h7H,6H2,1-5H3/b9-8+. The smallest absolute Gasteiger partial charge is 0.414 e. The number of halogens is 4.